The Balaban J connectivity index is 1.58. The highest BCUT2D eigenvalue weighted by atomic mass is 16.4. The molecule has 4 rings (SSSR count). The van der Waals surface area contributed by atoms with Crippen molar-refractivity contribution in [1.29, 1.82) is 0 Å². The molecule has 0 radical (unpaired) electrons. The summed E-state index contributed by atoms with van der Waals surface area (Å²) in [5, 5.41) is 9.61. The number of carboxylic acids is 1. The van der Waals surface area contributed by atoms with Gasteiger partial charge in [0.15, 0.2) is 5.89 Å². The van der Waals surface area contributed by atoms with Gasteiger partial charge in [0, 0.05) is 19.0 Å². The third kappa shape index (κ3) is 1.89. The number of aromatic nitrogens is 1. The van der Waals surface area contributed by atoms with Gasteiger partial charge in [-0.15, -0.1) is 0 Å². The molecule has 1 aromatic rings. The standard InChI is InChI=1S/C16H20N2O4/c1-9-12(22-13(17-9)10-4-5-10)14(19)18-7-11-3-2-6-16(11,8-18)15(20)21/h10-11H,2-8H2,1H3,(H,20,21)/t11-,16+/m0/s1. The first-order chi connectivity index (χ1) is 10.5. The molecule has 1 aromatic heterocycles. The molecular formula is C16H20N2O4. The molecule has 1 saturated heterocycles. The summed E-state index contributed by atoms with van der Waals surface area (Å²) < 4.78 is 5.68. The topological polar surface area (TPSA) is 83.6 Å². The number of hydrogen-bond acceptors (Lipinski definition) is 4. The molecule has 2 atom stereocenters. The Bertz CT molecular complexity index is 649. The fraction of sp³-hybridized carbons (Fsp3) is 0.688. The summed E-state index contributed by atoms with van der Waals surface area (Å²) in [5.74, 6) is 0.421. The number of carbonyl (C=O) groups is 2. The summed E-state index contributed by atoms with van der Waals surface area (Å²) in [7, 11) is 0. The van der Waals surface area contributed by atoms with E-state index in [1.807, 2.05) is 0 Å². The van der Waals surface area contributed by atoms with Crippen LogP contribution < -0.4 is 0 Å². The van der Waals surface area contributed by atoms with Gasteiger partial charge in [0.2, 0.25) is 5.76 Å². The fourth-order valence-electron chi connectivity index (χ4n) is 4.06. The molecule has 2 saturated carbocycles. The lowest BCUT2D eigenvalue weighted by molar-refractivity contribution is -0.149. The van der Waals surface area contributed by atoms with Gasteiger partial charge in [-0.1, -0.05) is 6.42 Å². The Kier molecular flexibility index (Phi) is 2.86. The van der Waals surface area contributed by atoms with Crippen molar-refractivity contribution in [2.24, 2.45) is 11.3 Å². The van der Waals surface area contributed by atoms with Crippen LogP contribution in [0.2, 0.25) is 0 Å². The lowest BCUT2D eigenvalue weighted by Gasteiger charge is -2.23. The average molecular weight is 304 g/mol. The molecule has 1 N–H and O–H groups in total. The van der Waals surface area contributed by atoms with Crippen molar-refractivity contribution in [2.75, 3.05) is 13.1 Å². The summed E-state index contributed by atoms with van der Waals surface area (Å²) in [6.45, 7) is 2.60. The lowest BCUT2D eigenvalue weighted by Crippen LogP contribution is -2.37. The third-order valence-electron chi connectivity index (χ3n) is 5.52. The van der Waals surface area contributed by atoms with Gasteiger partial charge >= 0.3 is 5.97 Å². The molecule has 2 aliphatic carbocycles. The number of carboxylic acid groups (broad SMARTS) is 1. The summed E-state index contributed by atoms with van der Waals surface area (Å²) in [6, 6.07) is 0. The number of aryl methyl sites for hydroxylation is 1. The molecule has 118 valence electrons. The minimum Gasteiger partial charge on any atom is -0.481 e. The highest BCUT2D eigenvalue weighted by Crippen LogP contribution is 2.49. The fourth-order valence-corrected chi connectivity index (χ4v) is 4.06. The second kappa shape index (κ2) is 4.57. The molecule has 1 aliphatic heterocycles. The Hall–Kier alpha value is -1.85. The van der Waals surface area contributed by atoms with Crippen LogP contribution in [0.1, 0.15) is 60.2 Å². The summed E-state index contributed by atoms with van der Waals surface area (Å²) in [6.07, 6.45) is 4.63. The number of likely N-dealkylation sites (tertiary alicyclic amines) is 1. The van der Waals surface area contributed by atoms with Crippen LogP contribution in [-0.4, -0.2) is 40.0 Å². The van der Waals surface area contributed by atoms with Gasteiger partial charge in [-0.05, 0) is 38.5 Å². The smallest absolute Gasteiger partial charge is 0.311 e. The maximum Gasteiger partial charge on any atom is 0.311 e. The maximum absolute atomic E-state index is 12.7. The van der Waals surface area contributed by atoms with Crippen LogP contribution in [0.25, 0.3) is 0 Å². The molecule has 3 aliphatic rings. The van der Waals surface area contributed by atoms with E-state index in [1.165, 1.54) is 0 Å². The average Bonchev–Trinajstić information content (AvgIpc) is 2.96. The van der Waals surface area contributed by atoms with Crippen LogP contribution in [0.3, 0.4) is 0 Å². The van der Waals surface area contributed by atoms with Gasteiger partial charge in [-0.25, -0.2) is 4.98 Å². The molecule has 6 heteroatoms. The van der Waals surface area contributed by atoms with E-state index in [1.54, 1.807) is 11.8 Å². The lowest BCUT2D eigenvalue weighted by atomic mass is 9.81. The quantitative estimate of drug-likeness (QED) is 0.925. The van der Waals surface area contributed by atoms with Crippen molar-refractivity contribution >= 4 is 11.9 Å². The maximum atomic E-state index is 12.7. The third-order valence-corrected chi connectivity index (χ3v) is 5.52. The van der Waals surface area contributed by atoms with Crippen LogP contribution >= 0.6 is 0 Å². The van der Waals surface area contributed by atoms with Crippen molar-refractivity contribution in [1.82, 2.24) is 9.88 Å². The molecule has 0 aromatic carbocycles. The molecule has 1 amide bonds. The number of carbonyl (C=O) groups excluding carboxylic acids is 1. The first kappa shape index (κ1) is 13.8. The van der Waals surface area contributed by atoms with E-state index < -0.39 is 11.4 Å². The minimum atomic E-state index is -0.765. The summed E-state index contributed by atoms with van der Waals surface area (Å²) in [5.41, 5.74) is -0.128. The second-order valence-electron chi connectivity index (χ2n) is 6.98. The van der Waals surface area contributed by atoms with E-state index in [0.717, 1.165) is 25.7 Å². The molecule has 2 heterocycles. The van der Waals surface area contributed by atoms with Gasteiger partial charge in [-0.2, -0.15) is 0 Å². The first-order valence-electron chi connectivity index (χ1n) is 8.01. The van der Waals surface area contributed by atoms with Gasteiger partial charge in [-0.3, -0.25) is 9.59 Å². The molecule has 6 nitrogen and oxygen atoms in total. The van der Waals surface area contributed by atoms with E-state index in [2.05, 4.69) is 4.98 Å². The molecule has 3 fully saturated rings. The number of fused-ring (bicyclic) bond motifs is 1. The van der Waals surface area contributed by atoms with Crippen LogP contribution in [0.5, 0.6) is 0 Å². The normalized spacial score (nSPS) is 30.6. The molecular weight excluding hydrogens is 284 g/mol. The van der Waals surface area contributed by atoms with Crippen molar-refractivity contribution in [3.05, 3.63) is 17.3 Å². The van der Waals surface area contributed by atoms with E-state index in [-0.39, 0.29) is 11.8 Å². The van der Waals surface area contributed by atoms with E-state index in [0.29, 0.717) is 42.8 Å². The second-order valence-corrected chi connectivity index (χ2v) is 6.98. The zero-order chi connectivity index (χ0) is 15.5. The zero-order valence-corrected chi connectivity index (χ0v) is 12.7. The Labute approximate surface area is 128 Å². The van der Waals surface area contributed by atoms with E-state index >= 15 is 0 Å². The number of amides is 1. The van der Waals surface area contributed by atoms with Gasteiger partial charge in [0.25, 0.3) is 5.91 Å². The molecule has 0 spiro atoms. The van der Waals surface area contributed by atoms with Crippen molar-refractivity contribution in [3.8, 4) is 0 Å². The van der Waals surface area contributed by atoms with E-state index in [9.17, 15) is 14.7 Å². The van der Waals surface area contributed by atoms with Crippen LogP contribution in [0, 0.1) is 18.3 Å². The highest BCUT2D eigenvalue weighted by molar-refractivity contribution is 5.93. The van der Waals surface area contributed by atoms with E-state index in [4.69, 9.17) is 4.42 Å². The van der Waals surface area contributed by atoms with Crippen molar-refractivity contribution in [3.63, 3.8) is 0 Å². The van der Waals surface area contributed by atoms with Crippen molar-refractivity contribution < 1.29 is 19.1 Å². The Morgan fingerprint density at radius 2 is 2.14 bits per heavy atom. The number of oxazole rings is 1. The van der Waals surface area contributed by atoms with Crippen LogP contribution in [-0.2, 0) is 4.79 Å². The number of rotatable bonds is 3. The SMILES string of the molecule is Cc1nc(C2CC2)oc1C(=O)N1C[C@@H]2CCC[C@@]2(C(=O)O)C1. The first-order valence-corrected chi connectivity index (χ1v) is 8.01. The predicted molar refractivity (Wildman–Crippen MR) is 76.5 cm³/mol. The van der Waals surface area contributed by atoms with Gasteiger partial charge in [0.1, 0.15) is 0 Å². The monoisotopic (exact) mass is 304 g/mol. The Morgan fingerprint density at radius 3 is 2.77 bits per heavy atom. The number of nitrogens with zero attached hydrogens (tertiary/aromatic N) is 2. The number of hydrogen-bond donors (Lipinski definition) is 1. The highest BCUT2D eigenvalue weighted by Gasteiger charge is 2.56. The summed E-state index contributed by atoms with van der Waals surface area (Å²) in [4.78, 5) is 30.4. The molecule has 22 heavy (non-hydrogen) atoms. The largest absolute Gasteiger partial charge is 0.481 e. The van der Waals surface area contributed by atoms with Crippen LogP contribution in [0.4, 0.5) is 0 Å². The zero-order valence-electron chi connectivity index (χ0n) is 12.7. The van der Waals surface area contributed by atoms with Crippen LogP contribution in [0.15, 0.2) is 4.42 Å². The minimum absolute atomic E-state index is 0.0695. The van der Waals surface area contributed by atoms with Crippen molar-refractivity contribution in [2.45, 2.75) is 44.9 Å². The van der Waals surface area contributed by atoms with Gasteiger partial charge in [0.05, 0.1) is 11.1 Å². The molecule has 0 bridgehead atoms. The summed E-state index contributed by atoms with van der Waals surface area (Å²) >= 11 is 0. The number of aliphatic carboxylic acids is 1. The Morgan fingerprint density at radius 1 is 1.36 bits per heavy atom. The molecule has 0 unspecified atom stereocenters. The van der Waals surface area contributed by atoms with Gasteiger partial charge < -0.3 is 14.4 Å². The predicted octanol–water partition coefficient (Wildman–Crippen LogP) is 2.19.